The van der Waals surface area contributed by atoms with E-state index in [1.165, 1.54) is 30.6 Å². The molecule has 0 aliphatic heterocycles. The Balaban J connectivity index is 1.77. The molecule has 110 valence electrons. The van der Waals surface area contributed by atoms with Gasteiger partial charge in [-0.05, 0) is 58.3 Å². The number of amides is 1. The van der Waals surface area contributed by atoms with Gasteiger partial charge in [0.1, 0.15) is 4.60 Å². The minimum atomic E-state index is -0.0414. The number of aromatic nitrogens is 1. The highest BCUT2D eigenvalue weighted by molar-refractivity contribution is 9.10. The molecule has 1 amide bonds. The van der Waals surface area contributed by atoms with E-state index in [0.717, 1.165) is 4.60 Å². The van der Waals surface area contributed by atoms with Gasteiger partial charge in [0, 0.05) is 11.1 Å². The number of nitrogens with one attached hydrogen (secondary N) is 1. The molecule has 0 radical (unpaired) electrons. The fourth-order valence-electron chi connectivity index (χ4n) is 2.91. The molecule has 1 N–H and O–H groups in total. The molecule has 1 aliphatic carbocycles. The van der Waals surface area contributed by atoms with Gasteiger partial charge >= 0.3 is 0 Å². The van der Waals surface area contributed by atoms with Crippen LogP contribution >= 0.6 is 27.3 Å². The minimum absolute atomic E-state index is 0.0414. The van der Waals surface area contributed by atoms with Crippen molar-refractivity contribution in [3.63, 3.8) is 0 Å². The second-order valence-electron chi connectivity index (χ2n) is 5.38. The zero-order chi connectivity index (χ0) is 14.7. The molecule has 1 saturated carbocycles. The van der Waals surface area contributed by atoms with Crippen molar-refractivity contribution in [2.45, 2.75) is 31.7 Å². The summed E-state index contributed by atoms with van der Waals surface area (Å²) in [5, 5.41) is 5.29. The molecule has 21 heavy (non-hydrogen) atoms. The van der Waals surface area contributed by atoms with Gasteiger partial charge in [-0.15, -0.1) is 11.3 Å². The number of rotatable bonds is 4. The summed E-state index contributed by atoms with van der Waals surface area (Å²) >= 11 is 5.01. The number of nitrogens with zero attached hydrogens (tertiary/aromatic N) is 1. The Kier molecular flexibility index (Phi) is 4.70. The first-order valence-corrected chi connectivity index (χ1v) is 8.87. The predicted octanol–water partition coefficient (Wildman–Crippen LogP) is 4.57. The normalized spacial score (nSPS) is 16.8. The number of hydrogen-bond donors (Lipinski definition) is 1. The van der Waals surface area contributed by atoms with E-state index in [-0.39, 0.29) is 11.9 Å². The van der Waals surface area contributed by atoms with Crippen LogP contribution in [0.1, 0.15) is 47.0 Å². The summed E-state index contributed by atoms with van der Waals surface area (Å²) in [5.74, 6) is 0.510. The lowest BCUT2D eigenvalue weighted by molar-refractivity contribution is 0.0922. The van der Waals surface area contributed by atoms with Gasteiger partial charge in [0.05, 0.1) is 11.6 Å². The summed E-state index contributed by atoms with van der Waals surface area (Å²) in [4.78, 5) is 17.8. The van der Waals surface area contributed by atoms with Gasteiger partial charge < -0.3 is 5.32 Å². The summed E-state index contributed by atoms with van der Waals surface area (Å²) in [7, 11) is 0. The Hall–Kier alpha value is -1.20. The lowest BCUT2D eigenvalue weighted by atomic mass is 9.96. The summed E-state index contributed by atoms with van der Waals surface area (Å²) in [6.45, 7) is 0. The van der Waals surface area contributed by atoms with Crippen molar-refractivity contribution in [1.29, 1.82) is 0 Å². The van der Waals surface area contributed by atoms with Crippen LogP contribution < -0.4 is 5.32 Å². The van der Waals surface area contributed by atoms with E-state index < -0.39 is 0 Å². The van der Waals surface area contributed by atoms with Gasteiger partial charge in [0.15, 0.2) is 0 Å². The molecule has 0 aromatic carbocycles. The van der Waals surface area contributed by atoms with Crippen LogP contribution in [0.5, 0.6) is 0 Å². The molecule has 3 rings (SSSR count). The number of thiophene rings is 1. The molecule has 5 heteroatoms. The smallest absolute Gasteiger partial charge is 0.253 e. The Morgan fingerprint density at radius 2 is 2.14 bits per heavy atom. The van der Waals surface area contributed by atoms with Crippen LogP contribution in [0.4, 0.5) is 0 Å². The van der Waals surface area contributed by atoms with Crippen LogP contribution in [0.3, 0.4) is 0 Å². The highest BCUT2D eigenvalue weighted by Gasteiger charge is 2.28. The third-order valence-corrected chi connectivity index (χ3v) is 5.42. The van der Waals surface area contributed by atoms with E-state index >= 15 is 0 Å². The fourth-order valence-corrected chi connectivity index (χ4v) is 4.02. The number of carbonyl (C=O) groups is 1. The van der Waals surface area contributed by atoms with Gasteiger partial charge in [-0.3, -0.25) is 4.79 Å². The van der Waals surface area contributed by atoms with Gasteiger partial charge in [0.2, 0.25) is 0 Å². The first kappa shape index (κ1) is 14.7. The molecule has 1 atom stereocenters. The number of halogens is 1. The number of hydrogen-bond acceptors (Lipinski definition) is 3. The third-order valence-electron chi connectivity index (χ3n) is 4.00. The van der Waals surface area contributed by atoms with E-state index in [1.807, 2.05) is 0 Å². The maximum atomic E-state index is 12.5. The fraction of sp³-hybridized carbons (Fsp3) is 0.375. The highest BCUT2D eigenvalue weighted by Crippen LogP contribution is 2.37. The molecular weight excluding hydrogens is 348 g/mol. The van der Waals surface area contributed by atoms with E-state index in [2.05, 4.69) is 43.7 Å². The monoisotopic (exact) mass is 364 g/mol. The van der Waals surface area contributed by atoms with Crippen LogP contribution in [-0.2, 0) is 0 Å². The molecule has 0 bridgehead atoms. The Morgan fingerprint density at radius 1 is 1.33 bits per heavy atom. The highest BCUT2D eigenvalue weighted by atomic mass is 79.9. The van der Waals surface area contributed by atoms with Gasteiger partial charge in [-0.1, -0.05) is 18.9 Å². The third kappa shape index (κ3) is 3.52. The maximum Gasteiger partial charge on any atom is 0.253 e. The topological polar surface area (TPSA) is 42.0 Å². The quantitative estimate of drug-likeness (QED) is 0.807. The molecule has 2 aromatic heterocycles. The summed E-state index contributed by atoms with van der Waals surface area (Å²) in [5.41, 5.74) is 0.609. The van der Waals surface area contributed by atoms with Crippen molar-refractivity contribution >= 4 is 33.2 Å². The van der Waals surface area contributed by atoms with E-state index in [0.29, 0.717) is 11.5 Å². The lowest BCUT2D eigenvalue weighted by Crippen LogP contribution is -2.32. The average Bonchev–Trinajstić information content (AvgIpc) is 3.19. The predicted molar refractivity (Wildman–Crippen MR) is 88.4 cm³/mol. The summed E-state index contributed by atoms with van der Waals surface area (Å²) in [6, 6.07) is 7.89. The Labute approximate surface area is 136 Å². The molecule has 1 fully saturated rings. The van der Waals surface area contributed by atoms with Crippen LogP contribution in [0.2, 0.25) is 0 Å². The van der Waals surface area contributed by atoms with Crippen molar-refractivity contribution in [3.8, 4) is 0 Å². The molecule has 0 saturated heterocycles. The van der Waals surface area contributed by atoms with Crippen LogP contribution in [-0.4, -0.2) is 10.9 Å². The maximum absolute atomic E-state index is 12.5. The molecule has 1 aliphatic rings. The minimum Gasteiger partial charge on any atom is -0.344 e. The average molecular weight is 365 g/mol. The van der Waals surface area contributed by atoms with Gasteiger partial charge in [-0.2, -0.15) is 0 Å². The zero-order valence-electron chi connectivity index (χ0n) is 11.6. The largest absolute Gasteiger partial charge is 0.344 e. The first-order valence-electron chi connectivity index (χ1n) is 7.20. The van der Waals surface area contributed by atoms with Crippen molar-refractivity contribution in [1.82, 2.24) is 10.3 Å². The molecular formula is C16H17BrN2OS. The zero-order valence-corrected chi connectivity index (χ0v) is 14.0. The van der Waals surface area contributed by atoms with E-state index in [9.17, 15) is 4.79 Å². The molecule has 0 spiro atoms. The van der Waals surface area contributed by atoms with Gasteiger partial charge in [-0.25, -0.2) is 4.98 Å². The van der Waals surface area contributed by atoms with Crippen LogP contribution in [0, 0.1) is 5.92 Å². The van der Waals surface area contributed by atoms with Crippen molar-refractivity contribution < 1.29 is 4.79 Å². The SMILES string of the molecule is O=C(NC(c1cccs1)C1CCCC1)c1ccc(Br)nc1. The second-order valence-corrected chi connectivity index (χ2v) is 7.17. The van der Waals surface area contributed by atoms with E-state index in [4.69, 9.17) is 0 Å². The van der Waals surface area contributed by atoms with Crippen molar-refractivity contribution in [2.24, 2.45) is 5.92 Å². The lowest BCUT2D eigenvalue weighted by Gasteiger charge is -2.23. The number of pyridine rings is 1. The standard InChI is InChI=1S/C16H17BrN2OS/c17-14-8-7-12(10-18-14)16(20)19-15(11-4-1-2-5-11)13-6-3-9-21-13/h3,6-11,15H,1-2,4-5H2,(H,19,20). The van der Waals surface area contributed by atoms with E-state index in [1.54, 1.807) is 29.7 Å². The molecule has 2 heterocycles. The van der Waals surface area contributed by atoms with Crippen molar-refractivity contribution in [2.75, 3.05) is 0 Å². The molecule has 1 unspecified atom stereocenters. The number of carbonyl (C=O) groups excluding carboxylic acids is 1. The first-order chi connectivity index (χ1) is 10.2. The van der Waals surface area contributed by atoms with Gasteiger partial charge in [0.25, 0.3) is 5.91 Å². The summed E-state index contributed by atoms with van der Waals surface area (Å²) < 4.78 is 0.740. The molecule has 3 nitrogen and oxygen atoms in total. The second kappa shape index (κ2) is 6.71. The summed E-state index contributed by atoms with van der Waals surface area (Å²) in [6.07, 6.45) is 6.53. The van der Waals surface area contributed by atoms with Crippen LogP contribution in [0.15, 0.2) is 40.4 Å². The van der Waals surface area contributed by atoms with Crippen LogP contribution in [0.25, 0.3) is 0 Å². The Bertz CT molecular complexity index is 591. The molecule has 2 aromatic rings. The Morgan fingerprint density at radius 3 is 2.76 bits per heavy atom. The van der Waals surface area contributed by atoms with Crippen molar-refractivity contribution in [3.05, 3.63) is 50.9 Å².